The van der Waals surface area contributed by atoms with Crippen LogP contribution in [-0.4, -0.2) is 30.6 Å². The predicted octanol–water partition coefficient (Wildman–Crippen LogP) is 4.12. The standard InChI is InChI=1S/C21H23NO/c1-22(2)14-16-9-7-13-18(16)20-11-5-6-12-21(20)19-10-4-3-8-17(19)15-23/h3-12,23H,13-15H2,1-2H3. The van der Waals surface area contributed by atoms with Gasteiger partial charge in [-0.05, 0) is 53.9 Å². The monoisotopic (exact) mass is 305 g/mol. The van der Waals surface area contributed by atoms with E-state index in [1.54, 1.807) is 0 Å². The molecular formula is C21H23NO. The molecular weight excluding hydrogens is 282 g/mol. The molecule has 1 aliphatic rings. The molecule has 2 nitrogen and oxygen atoms in total. The maximum absolute atomic E-state index is 9.68. The molecule has 0 amide bonds. The Hall–Kier alpha value is -2.16. The highest BCUT2D eigenvalue weighted by Gasteiger charge is 2.16. The fraction of sp³-hybridized carbons (Fsp3) is 0.238. The largest absolute Gasteiger partial charge is 0.392 e. The Balaban J connectivity index is 2.12. The molecule has 1 N–H and O–H groups in total. The summed E-state index contributed by atoms with van der Waals surface area (Å²) >= 11 is 0. The summed E-state index contributed by atoms with van der Waals surface area (Å²) in [4.78, 5) is 2.20. The molecule has 0 bridgehead atoms. The zero-order chi connectivity index (χ0) is 16.2. The molecule has 0 saturated carbocycles. The third-order valence-electron chi connectivity index (χ3n) is 4.25. The maximum Gasteiger partial charge on any atom is 0.0687 e. The van der Waals surface area contributed by atoms with E-state index in [0.29, 0.717) is 0 Å². The molecule has 3 rings (SSSR count). The van der Waals surface area contributed by atoms with Crippen molar-refractivity contribution < 1.29 is 5.11 Å². The van der Waals surface area contributed by atoms with Crippen LogP contribution in [0.4, 0.5) is 0 Å². The molecule has 0 atom stereocenters. The van der Waals surface area contributed by atoms with E-state index in [4.69, 9.17) is 0 Å². The van der Waals surface area contributed by atoms with Gasteiger partial charge in [0.25, 0.3) is 0 Å². The van der Waals surface area contributed by atoms with Gasteiger partial charge < -0.3 is 10.0 Å². The van der Waals surface area contributed by atoms with Gasteiger partial charge in [-0.2, -0.15) is 0 Å². The van der Waals surface area contributed by atoms with Gasteiger partial charge in [-0.15, -0.1) is 0 Å². The Morgan fingerprint density at radius 2 is 1.57 bits per heavy atom. The van der Waals surface area contributed by atoms with Gasteiger partial charge in [-0.3, -0.25) is 0 Å². The number of likely N-dealkylation sites (N-methyl/N-ethyl adjacent to an activating group) is 1. The smallest absolute Gasteiger partial charge is 0.0687 e. The van der Waals surface area contributed by atoms with E-state index in [9.17, 15) is 5.11 Å². The average Bonchev–Trinajstić information content (AvgIpc) is 3.02. The lowest BCUT2D eigenvalue weighted by molar-refractivity contribution is 0.282. The van der Waals surface area contributed by atoms with Crippen LogP contribution in [0.3, 0.4) is 0 Å². The van der Waals surface area contributed by atoms with Crippen LogP contribution in [0, 0.1) is 0 Å². The molecule has 2 heteroatoms. The second-order valence-electron chi connectivity index (χ2n) is 6.21. The fourth-order valence-corrected chi connectivity index (χ4v) is 3.22. The highest BCUT2D eigenvalue weighted by molar-refractivity contribution is 5.86. The fourth-order valence-electron chi connectivity index (χ4n) is 3.22. The van der Waals surface area contributed by atoms with Gasteiger partial charge in [0, 0.05) is 6.54 Å². The number of allylic oxidation sites excluding steroid dienone is 2. The summed E-state index contributed by atoms with van der Waals surface area (Å²) in [6.07, 6.45) is 5.45. The Morgan fingerprint density at radius 3 is 2.26 bits per heavy atom. The van der Waals surface area contributed by atoms with Crippen molar-refractivity contribution in [3.05, 3.63) is 77.4 Å². The first-order valence-electron chi connectivity index (χ1n) is 8.02. The van der Waals surface area contributed by atoms with E-state index in [0.717, 1.165) is 24.1 Å². The summed E-state index contributed by atoms with van der Waals surface area (Å²) in [6, 6.07) is 16.6. The number of hydrogen-bond donors (Lipinski definition) is 1. The van der Waals surface area contributed by atoms with E-state index in [2.05, 4.69) is 61.5 Å². The number of aliphatic hydroxyl groups is 1. The molecule has 118 valence electrons. The molecule has 0 aliphatic heterocycles. The van der Waals surface area contributed by atoms with Crippen LogP contribution in [0.25, 0.3) is 16.7 Å². The first-order valence-corrected chi connectivity index (χ1v) is 8.02. The Morgan fingerprint density at radius 1 is 0.913 bits per heavy atom. The lowest BCUT2D eigenvalue weighted by Gasteiger charge is -2.17. The molecule has 2 aromatic carbocycles. The van der Waals surface area contributed by atoms with E-state index in [1.807, 2.05) is 18.2 Å². The molecule has 1 aliphatic carbocycles. The quantitative estimate of drug-likeness (QED) is 0.898. The molecule has 2 aromatic rings. The zero-order valence-electron chi connectivity index (χ0n) is 13.8. The minimum absolute atomic E-state index is 0.0619. The van der Waals surface area contributed by atoms with Crippen LogP contribution in [0.5, 0.6) is 0 Å². The van der Waals surface area contributed by atoms with Crippen LogP contribution in [-0.2, 0) is 6.61 Å². The summed E-state index contributed by atoms with van der Waals surface area (Å²) in [5.41, 5.74) is 7.34. The lowest BCUT2D eigenvalue weighted by Crippen LogP contribution is -2.14. The number of benzene rings is 2. The van der Waals surface area contributed by atoms with Gasteiger partial charge in [-0.1, -0.05) is 60.7 Å². The summed E-state index contributed by atoms with van der Waals surface area (Å²) in [6.45, 7) is 1.01. The molecule has 0 heterocycles. The SMILES string of the molecule is CN(C)CC1=C(c2ccccc2-c2ccccc2CO)CC=C1. The summed E-state index contributed by atoms with van der Waals surface area (Å²) < 4.78 is 0. The summed E-state index contributed by atoms with van der Waals surface area (Å²) in [5, 5.41) is 9.68. The number of rotatable bonds is 5. The minimum Gasteiger partial charge on any atom is -0.392 e. The van der Waals surface area contributed by atoms with Crippen molar-refractivity contribution in [2.45, 2.75) is 13.0 Å². The van der Waals surface area contributed by atoms with Crippen LogP contribution in [0.15, 0.2) is 66.3 Å². The highest BCUT2D eigenvalue weighted by Crippen LogP contribution is 2.37. The Kier molecular flexibility index (Phi) is 4.75. The summed E-state index contributed by atoms with van der Waals surface area (Å²) in [5.74, 6) is 0. The van der Waals surface area contributed by atoms with Crippen LogP contribution < -0.4 is 0 Å². The topological polar surface area (TPSA) is 23.5 Å². The zero-order valence-corrected chi connectivity index (χ0v) is 13.8. The van der Waals surface area contributed by atoms with Gasteiger partial charge in [-0.25, -0.2) is 0 Å². The van der Waals surface area contributed by atoms with Crippen LogP contribution in [0.1, 0.15) is 17.5 Å². The van der Waals surface area contributed by atoms with E-state index < -0.39 is 0 Å². The van der Waals surface area contributed by atoms with Crippen molar-refractivity contribution in [3.63, 3.8) is 0 Å². The maximum atomic E-state index is 9.68. The second-order valence-corrected chi connectivity index (χ2v) is 6.21. The normalized spacial score (nSPS) is 14.1. The number of aliphatic hydroxyl groups excluding tert-OH is 1. The molecule has 0 spiro atoms. The summed E-state index contributed by atoms with van der Waals surface area (Å²) in [7, 11) is 4.20. The average molecular weight is 305 g/mol. The van der Waals surface area contributed by atoms with Gasteiger partial charge in [0.1, 0.15) is 0 Å². The molecule has 0 unspecified atom stereocenters. The van der Waals surface area contributed by atoms with Gasteiger partial charge in [0.05, 0.1) is 6.61 Å². The molecule has 0 saturated heterocycles. The Labute approximate surface area is 138 Å². The third-order valence-corrected chi connectivity index (χ3v) is 4.25. The third kappa shape index (κ3) is 3.29. The van der Waals surface area contributed by atoms with Crippen molar-refractivity contribution in [1.82, 2.24) is 4.90 Å². The predicted molar refractivity (Wildman–Crippen MR) is 97.0 cm³/mol. The van der Waals surface area contributed by atoms with Gasteiger partial charge in [0.2, 0.25) is 0 Å². The minimum atomic E-state index is 0.0619. The second kappa shape index (κ2) is 6.95. The van der Waals surface area contributed by atoms with Crippen molar-refractivity contribution >= 4 is 5.57 Å². The molecule has 0 aromatic heterocycles. The van der Waals surface area contributed by atoms with Crippen molar-refractivity contribution in [2.24, 2.45) is 0 Å². The van der Waals surface area contributed by atoms with E-state index in [1.165, 1.54) is 22.3 Å². The van der Waals surface area contributed by atoms with E-state index >= 15 is 0 Å². The molecule has 23 heavy (non-hydrogen) atoms. The van der Waals surface area contributed by atoms with Crippen LogP contribution >= 0.6 is 0 Å². The first kappa shape index (κ1) is 15.7. The van der Waals surface area contributed by atoms with Crippen molar-refractivity contribution in [3.8, 4) is 11.1 Å². The number of nitrogens with zero attached hydrogens (tertiary/aromatic N) is 1. The molecule has 0 radical (unpaired) electrons. The Bertz CT molecular complexity index is 756. The van der Waals surface area contributed by atoms with Crippen molar-refractivity contribution in [2.75, 3.05) is 20.6 Å². The van der Waals surface area contributed by atoms with Crippen LogP contribution in [0.2, 0.25) is 0 Å². The lowest BCUT2D eigenvalue weighted by atomic mass is 9.90. The van der Waals surface area contributed by atoms with Gasteiger partial charge >= 0.3 is 0 Å². The highest BCUT2D eigenvalue weighted by atomic mass is 16.3. The molecule has 0 fully saturated rings. The first-order chi connectivity index (χ1) is 11.2. The van der Waals surface area contributed by atoms with Crippen molar-refractivity contribution in [1.29, 1.82) is 0 Å². The van der Waals surface area contributed by atoms with E-state index in [-0.39, 0.29) is 6.61 Å². The van der Waals surface area contributed by atoms with Gasteiger partial charge in [0.15, 0.2) is 0 Å². The number of hydrogen-bond acceptors (Lipinski definition) is 2.